The van der Waals surface area contributed by atoms with Crippen molar-refractivity contribution in [1.82, 2.24) is 0 Å². The molecule has 2 aromatic carbocycles. The Labute approximate surface area is 205 Å². The van der Waals surface area contributed by atoms with Gasteiger partial charge >= 0.3 is 0 Å². The molecule has 2 aliphatic rings. The molecule has 0 saturated heterocycles. The van der Waals surface area contributed by atoms with Crippen LogP contribution >= 0.6 is 0 Å². The molecule has 0 bridgehead atoms. The fourth-order valence-corrected chi connectivity index (χ4v) is 5.00. The van der Waals surface area contributed by atoms with Crippen LogP contribution in [0.2, 0.25) is 0 Å². The van der Waals surface area contributed by atoms with Crippen molar-refractivity contribution in [2.24, 2.45) is 0 Å². The third-order valence-corrected chi connectivity index (χ3v) is 7.03. The zero-order valence-corrected chi connectivity index (χ0v) is 20.8. The highest BCUT2D eigenvalue weighted by atomic mass is 19.1. The highest BCUT2D eigenvalue weighted by Gasteiger charge is 2.49. The third-order valence-electron chi connectivity index (χ3n) is 7.03. The molecule has 0 saturated carbocycles. The Morgan fingerprint density at radius 1 is 1.20 bits per heavy atom. The lowest BCUT2D eigenvalue weighted by atomic mass is 9.77. The molecule has 0 amide bonds. The molecule has 1 unspecified atom stereocenters. The zero-order valence-electron chi connectivity index (χ0n) is 20.8. The monoisotopic (exact) mass is 476 g/mol. The summed E-state index contributed by atoms with van der Waals surface area (Å²) in [5.74, 6) is -0.0593. The van der Waals surface area contributed by atoms with Crippen LogP contribution in [0.4, 0.5) is 10.1 Å². The van der Waals surface area contributed by atoms with Crippen molar-refractivity contribution in [3.63, 3.8) is 0 Å². The number of nitrogens with zero attached hydrogens (tertiary/aromatic N) is 1. The van der Waals surface area contributed by atoms with Crippen LogP contribution in [-0.4, -0.2) is 40.1 Å². The van der Waals surface area contributed by atoms with Gasteiger partial charge < -0.3 is 9.84 Å². The predicted molar refractivity (Wildman–Crippen MR) is 134 cm³/mol. The second-order valence-corrected chi connectivity index (χ2v) is 9.65. The minimum absolute atomic E-state index is 0.000877. The van der Waals surface area contributed by atoms with Crippen LogP contribution < -0.4 is 4.74 Å². The van der Waals surface area contributed by atoms with E-state index in [1.54, 1.807) is 50.4 Å². The molecule has 1 heterocycles. The summed E-state index contributed by atoms with van der Waals surface area (Å²) in [4.78, 5) is 25.9. The number of ether oxygens (including phenoxy) is 1. The highest BCUT2D eigenvalue weighted by Crippen LogP contribution is 2.44. The fraction of sp³-hybridized carbons (Fsp3) is 0.345. The number of carbonyl (C=O) groups excluding carboxylic acids is 2. The van der Waals surface area contributed by atoms with Gasteiger partial charge in [0.2, 0.25) is 17.5 Å². The third kappa shape index (κ3) is 4.11. The summed E-state index contributed by atoms with van der Waals surface area (Å²) in [6.07, 6.45) is 4.09. The lowest BCUT2D eigenvalue weighted by Crippen LogP contribution is -2.36. The lowest BCUT2D eigenvalue weighted by molar-refractivity contribution is -0.468. The number of aliphatic hydroxyl groups is 1. The van der Waals surface area contributed by atoms with Crippen molar-refractivity contribution in [2.45, 2.75) is 58.4 Å². The van der Waals surface area contributed by atoms with Gasteiger partial charge in [-0.1, -0.05) is 25.5 Å². The minimum atomic E-state index is -0.680. The van der Waals surface area contributed by atoms with Gasteiger partial charge in [0.25, 0.3) is 0 Å². The van der Waals surface area contributed by atoms with Crippen LogP contribution in [0.15, 0.2) is 59.9 Å². The van der Waals surface area contributed by atoms with E-state index in [0.29, 0.717) is 23.4 Å². The second kappa shape index (κ2) is 9.25. The maximum atomic E-state index is 14.3. The summed E-state index contributed by atoms with van der Waals surface area (Å²) in [6.45, 7) is 7.52. The summed E-state index contributed by atoms with van der Waals surface area (Å²) in [5, 5.41) is 10.9. The number of hydrogen-bond acceptors (Lipinski definition) is 4. The first-order valence-corrected chi connectivity index (χ1v) is 11.9. The zero-order chi connectivity index (χ0) is 25.5. The van der Waals surface area contributed by atoms with Crippen LogP contribution in [0.1, 0.15) is 58.1 Å². The summed E-state index contributed by atoms with van der Waals surface area (Å²) in [7, 11) is 1.56. The molecule has 1 aliphatic carbocycles. The number of Topliss-reactive ketones (excluding diaryl/α,β-unsaturated/α-hetero) is 2. The average Bonchev–Trinajstić information content (AvgIpc) is 3.04. The van der Waals surface area contributed by atoms with Crippen molar-refractivity contribution >= 4 is 28.5 Å². The van der Waals surface area contributed by atoms with Crippen LogP contribution in [0.5, 0.6) is 5.75 Å². The Morgan fingerprint density at radius 2 is 1.89 bits per heavy atom. The van der Waals surface area contributed by atoms with Crippen LogP contribution in [-0.2, 0) is 15.0 Å². The molecule has 0 spiro atoms. The van der Waals surface area contributed by atoms with Crippen LogP contribution in [0.3, 0.4) is 0 Å². The maximum Gasteiger partial charge on any atom is 0.216 e. The van der Waals surface area contributed by atoms with Gasteiger partial charge in [-0.15, -0.1) is 0 Å². The number of allylic oxidation sites excluding steroid dienone is 3. The number of carbonyl (C=O) groups is 2. The number of ketones is 2. The smallest absolute Gasteiger partial charge is 0.216 e. The highest BCUT2D eigenvalue weighted by molar-refractivity contribution is 6.40. The quantitative estimate of drug-likeness (QED) is 0.384. The molecule has 2 aromatic rings. The Balaban J connectivity index is 1.87. The first-order chi connectivity index (χ1) is 16.6. The van der Waals surface area contributed by atoms with Crippen LogP contribution in [0, 0.1) is 5.82 Å². The van der Waals surface area contributed by atoms with Gasteiger partial charge in [0.05, 0.1) is 23.7 Å². The molecule has 5 nitrogen and oxygen atoms in total. The first kappa shape index (κ1) is 24.6. The van der Waals surface area contributed by atoms with E-state index in [4.69, 9.17) is 4.74 Å². The molecule has 0 radical (unpaired) electrons. The Kier molecular flexibility index (Phi) is 6.50. The van der Waals surface area contributed by atoms with Crippen molar-refractivity contribution in [3.05, 3.63) is 76.8 Å². The predicted octanol–water partition coefficient (Wildman–Crippen LogP) is 5.84. The number of fused-ring (bicyclic) bond motifs is 1. The average molecular weight is 477 g/mol. The molecular weight excluding hydrogens is 445 g/mol. The van der Waals surface area contributed by atoms with Gasteiger partial charge in [0, 0.05) is 31.1 Å². The number of unbranched alkanes of at least 4 members (excludes halogenated alkanes) is 1. The molecule has 4 rings (SSSR count). The SMILES string of the molecule is CCCCC(C(C)=O)[N+]1=C(/C=C2\C(=O)C(c3ccc(OC)cc3)=C2O)C(C)(C)c2cc(F)ccc21. The van der Waals surface area contributed by atoms with E-state index >= 15 is 0 Å². The van der Waals surface area contributed by atoms with E-state index in [0.717, 1.165) is 24.1 Å². The van der Waals surface area contributed by atoms with E-state index in [-0.39, 0.29) is 34.3 Å². The van der Waals surface area contributed by atoms with Crippen LogP contribution in [0.25, 0.3) is 5.57 Å². The number of rotatable bonds is 8. The number of aliphatic hydroxyl groups excluding tert-OH is 1. The van der Waals surface area contributed by atoms with Crippen molar-refractivity contribution in [1.29, 1.82) is 0 Å². The van der Waals surface area contributed by atoms with Crippen molar-refractivity contribution < 1.29 is 28.4 Å². The van der Waals surface area contributed by atoms with Gasteiger partial charge in [-0.2, -0.15) is 4.58 Å². The molecular formula is C29H31FNO4+. The second-order valence-electron chi connectivity index (χ2n) is 9.65. The fourth-order valence-electron chi connectivity index (χ4n) is 5.00. The Bertz CT molecular complexity index is 1300. The normalized spacial score (nSPS) is 18.6. The lowest BCUT2D eigenvalue weighted by Gasteiger charge is -2.23. The molecule has 1 N–H and O–H groups in total. The standard InChI is InChI=1S/C29H30FNO4/c1-6-7-8-23(17(2)32)31-24-14-11-19(30)15-22(24)29(3,4)25(31)16-21-27(33)26(28(21)34)18-9-12-20(35-5)13-10-18/h9-16,23H,6-8H2,1-5H3/p+1. The Hall–Kier alpha value is -3.54. The molecule has 35 heavy (non-hydrogen) atoms. The van der Waals surface area contributed by atoms with E-state index in [2.05, 4.69) is 6.92 Å². The largest absolute Gasteiger partial charge is 0.506 e. The summed E-state index contributed by atoms with van der Waals surface area (Å²) in [5.41, 5.74) is 2.56. The molecule has 0 aromatic heterocycles. The van der Waals surface area contributed by atoms with Gasteiger partial charge in [0.1, 0.15) is 17.3 Å². The van der Waals surface area contributed by atoms with E-state index in [9.17, 15) is 19.1 Å². The summed E-state index contributed by atoms with van der Waals surface area (Å²) >= 11 is 0. The maximum absolute atomic E-state index is 14.3. The number of benzene rings is 2. The number of halogens is 1. The molecule has 1 atom stereocenters. The van der Waals surface area contributed by atoms with Crippen molar-refractivity contribution in [3.8, 4) is 5.75 Å². The molecule has 6 heteroatoms. The number of hydrogen-bond donors (Lipinski definition) is 1. The topological polar surface area (TPSA) is 66.6 Å². The number of methoxy groups -OCH3 is 1. The minimum Gasteiger partial charge on any atom is -0.506 e. The van der Waals surface area contributed by atoms with Crippen molar-refractivity contribution in [2.75, 3.05) is 7.11 Å². The summed E-state index contributed by atoms with van der Waals surface area (Å²) in [6, 6.07) is 11.1. The molecule has 1 aliphatic heterocycles. The van der Waals surface area contributed by atoms with E-state index < -0.39 is 11.5 Å². The molecule has 0 fully saturated rings. The summed E-state index contributed by atoms with van der Waals surface area (Å²) < 4.78 is 21.4. The van der Waals surface area contributed by atoms with Gasteiger partial charge in [0.15, 0.2) is 11.5 Å². The first-order valence-electron chi connectivity index (χ1n) is 11.9. The van der Waals surface area contributed by atoms with Gasteiger partial charge in [-0.3, -0.25) is 9.59 Å². The van der Waals surface area contributed by atoms with E-state index in [1.807, 2.05) is 18.4 Å². The Morgan fingerprint density at radius 3 is 2.46 bits per heavy atom. The van der Waals surface area contributed by atoms with Gasteiger partial charge in [-0.25, -0.2) is 4.39 Å². The molecule has 182 valence electrons. The van der Waals surface area contributed by atoms with Gasteiger partial charge in [-0.05, 0) is 50.1 Å². The van der Waals surface area contributed by atoms with E-state index in [1.165, 1.54) is 12.1 Å².